The third kappa shape index (κ3) is 3.63. The minimum Gasteiger partial charge on any atom is -0.353 e. The molecule has 0 radical (unpaired) electrons. The molecule has 4 atom stereocenters. The van der Waals surface area contributed by atoms with E-state index >= 15 is 0 Å². The van der Waals surface area contributed by atoms with Gasteiger partial charge in [0.05, 0.1) is 11.2 Å². The predicted octanol–water partition coefficient (Wildman–Crippen LogP) is 6.58. The van der Waals surface area contributed by atoms with Crippen molar-refractivity contribution in [1.29, 1.82) is 0 Å². The molecule has 160 valence electrons. The van der Waals surface area contributed by atoms with Crippen LogP contribution in [-0.2, 0) is 0 Å². The van der Waals surface area contributed by atoms with E-state index in [2.05, 4.69) is 58.4 Å². The van der Waals surface area contributed by atoms with E-state index in [1.54, 1.807) is 0 Å². The van der Waals surface area contributed by atoms with Crippen molar-refractivity contribution in [3.05, 3.63) is 60.5 Å². The largest absolute Gasteiger partial charge is 0.353 e. The highest BCUT2D eigenvalue weighted by Gasteiger charge is 2.37. The fourth-order valence-electron chi connectivity index (χ4n) is 6.39. The minimum absolute atomic E-state index is 0.651. The van der Waals surface area contributed by atoms with Gasteiger partial charge in [-0.15, -0.1) is 0 Å². The SMILES string of the molecule is C1=C(c2nccc3c2[nH]c2ccccc23)C2CCN3CCCC/C=C\CCC1CC2C3. The molecule has 1 fully saturated rings. The fraction of sp³-hybridized carbons (Fsp3) is 0.464. The Bertz CT molecular complexity index is 1140. The average Bonchev–Trinajstić information content (AvgIpc) is 3.18. The number of allylic oxidation sites excluding steroid dienone is 4. The highest BCUT2D eigenvalue weighted by molar-refractivity contribution is 6.09. The highest BCUT2D eigenvalue weighted by Crippen LogP contribution is 2.46. The van der Waals surface area contributed by atoms with Gasteiger partial charge in [0.2, 0.25) is 0 Å². The third-order valence-corrected chi connectivity index (χ3v) is 7.91. The first-order valence-electron chi connectivity index (χ1n) is 12.3. The number of nitrogens with one attached hydrogen (secondary N) is 1. The zero-order valence-corrected chi connectivity index (χ0v) is 18.4. The molecular formula is C28H33N3. The molecule has 0 spiro atoms. The Morgan fingerprint density at radius 1 is 0.935 bits per heavy atom. The molecule has 1 aromatic carbocycles. The van der Waals surface area contributed by atoms with Crippen molar-refractivity contribution in [3.8, 4) is 0 Å². The maximum Gasteiger partial charge on any atom is 0.0902 e. The number of aromatic nitrogens is 2. The van der Waals surface area contributed by atoms with Gasteiger partial charge in [0.15, 0.2) is 0 Å². The van der Waals surface area contributed by atoms with Gasteiger partial charge in [0, 0.05) is 29.0 Å². The van der Waals surface area contributed by atoms with Crippen LogP contribution in [0.1, 0.15) is 50.6 Å². The molecule has 3 heteroatoms. The van der Waals surface area contributed by atoms with Gasteiger partial charge in [0.1, 0.15) is 0 Å². The first-order chi connectivity index (χ1) is 15.4. The van der Waals surface area contributed by atoms with Gasteiger partial charge in [-0.05, 0) is 93.5 Å². The van der Waals surface area contributed by atoms with E-state index in [9.17, 15) is 0 Å². The smallest absolute Gasteiger partial charge is 0.0902 e. The molecule has 3 bridgehead atoms. The molecule has 0 amide bonds. The molecule has 3 nitrogen and oxygen atoms in total. The lowest BCUT2D eigenvalue weighted by atomic mass is 9.69. The van der Waals surface area contributed by atoms with E-state index in [-0.39, 0.29) is 0 Å². The van der Waals surface area contributed by atoms with Crippen molar-refractivity contribution in [2.24, 2.45) is 17.8 Å². The van der Waals surface area contributed by atoms with Crippen LogP contribution >= 0.6 is 0 Å². The Kier molecular flexibility index (Phi) is 5.15. The van der Waals surface area contributed by atoms with Gasteiger partial charge in [-0.1, -0.05) is 36.4 Å². The lowest BCUT2D eigenvalue weighted by molar-refractivity contribution is 0.123. The van der Waals surface area contributed by atoms with E-state index in [0.717, 1.165) is 5.92 Å². The van der Waals surface area contributed by atoms with Crippen molar-refractivity contribution in [2.75, 3.05) is 19.6 Å². The molecule has 1 N–H and O–H groups in total. The molecule has 0 saturated carbocycles. The summed E-state index contributed by atoms with van der Waals surface area (Å²) in [6.45, 7) is 3.78. The number of H-pyrrole nitrogens is 1. The van der Waals surface area contributed by atoms with Gasteiger partial charge in [-0.25, -0.2) is 0 Å². The number of benzene rings is 1. The van der Waals surface area contributed by atoms with Crippen LogP contribution in [-0.4, -0.2) is 34.5 Å². The molecule has 3 aliphatic rings. The van der Waals surface area contributed by atoms with Crippen LogP contribution in [0.3, 0.4) is 0 Å². The molecule has 6 rings (SSSR count). The lowest BCUT2D eigenvalue weighted by Gasteiger charge is -2.44. The maximum absolute atomic E-state index is 4.99. The molecule has 4 unspecified atom stereocenters. The summed E-state index contributed by atoms with van der Waals surface area (Å²) in [6.07, 6.45) is 18.5. The van der Waals surface area contributed by atoms with Gasteiger partial charge >= 0.3 is 0 Å². The number of para-hydroxylation sites is 1. The summed E-state index contributed by atoms with van der Waals surface area (Å²) in [6, 6.07) is 10.8. The monoisotopic (exact) mass is 411 g/mol. The summed E-state index contributed by atoms with van der Waals surface area (Å²) in [5, 5.41) is 2.62. The second-order valence-corrected chi connectivity index (χ2v) is 9.87. The summed E-state index contributed by atoms with van der Waals surface area (Å²) < 4.78 is 0. The Balaban J connectivity index is 1.44. The van der Waals surface area contributed by atoms with Crippen molar-refractivity contribution in [2.45, 2.75) is 44.9 Å². The second kappa shape index (κ2) is 8.27. The molecule has 1 saturated heterocycles. The van der Waals surface area contributed by atoms with E-state index in [1.165, 1.54) is 97.7 Å². The van der Waals surface area contributed by atoms with Crippen LogP contribution in [0.2, 0.25) is 0 Å². The summed E-state index contributed by atoms with van der Waals surface area (Å²) in [5.41, 5.74) is 5.18. The van der Waals surface area contributed by atoms with Crippen LogP contribution < -0.4 is 0 Å². The van der Waals surface area contributed by atoms with Crippen molar-refractivity contribution in [3.63, 3.8) is 0 Å². The Labute approximate surface area is 185 Å². The van der Waals surface area contributed by atoms with Crippen LogP contribution in [0.15, 0.2) is 54.8 Å². The number of aromatic amines is 1. The molecule has 3 aromatic rings. The number of nitrogens with zero attached hydrogens (tertiary/aromatic N) is 2. The van der Waals surface area contributed by atoms with Crippen LogP contribution in [0.25, 0.3) is 27.4 Å². The quantitative estimate of drug-likeness (QED) is 0.459. The van der Waals surface area contributed by atoms with Crippen molar-refractivity contribution < 1.29 is 0 Å². The molecule has 4 heterocycles. The Hall–Kier alpha value is -2.39. The topological polar surface area (TPSA) is 31.9 Å². The van der Waals surface area contributed by atoms with E-state index < -0.39 is 0 Å². The zero-order valence-electron chi connectivity index (χ0n) is 18.4. The van der Waals surface area contributed by atoms with Crippen molar-refractivity contribution in [1.82, 2.24) is 14.9 Å². The second-order valence-electron chi connectivity index (χ2n) is 9.87. The Morgan fingerprint density at radius 2 is 1.87 bits per heavy atom. The Morgan fingerprint density at radius 3 is 2.87 bits per heavy atom. The van der Waals surface area contributed by atoms with Crippen molar-refractivity contribution >= 4 is 27.4 Å². The first kappa shape index (κ1) is 19.3. The van der Waals surface area contributed by atoms with Gasteiger partial charge in [0.25, 0.3) is 0 Å². The zero-order chi connectivity index (χ0) is 20.6. The number of pyridine rings is 1. The number of rotatable bonds is 1. The lowest BCUT2D eigenvalue weighted by Crippen LogP contribution is -2.43. The molecule has 1 aliphatic carbocycles. The van der Waals surface area contributed by atoms with E-state index in [4.69, 9.17) is 4.98 Å². The molecule has 31 heavy (non-hydrogen) atoms. The van der Waals surface area contributed by atoms with Crippen LogP contribution in [0.4, 0.5) is 0 Å². The van der Waals surface area contributed by atoms with Crippen LogP contribution in [0, 0.1) is 17.8 Å². The summed E-state index contributed by atoms with van der Waals surface area (Å²) in [5.74, 6) is 2.09. The predicted molar refractivity (Wildman–Crippen MR) is 130 cm³/mol. The number of fused-ring (bicyclic) bond motifs is 5. The van der Waals surface area contributed by atoms with Gasteiger partial charge < -0.3 is 9.88 Å². The summed E-state index contributed by atoms with van der Waals surface area (Å²) in [4.78, 5) is 11.5. The summed E-state index contributed by atoms with van der Waals surface area (Å²) in [7, 11) is 0. The van der Waals surface area contributed by atoms with E-state index in [1.807, 2.05) is 6.20 Å². The van der Waals surface area contributed by atoms with Gasteiger partial charge in [-0.2, -0.15) is 0 Å². The van der Waals surface area contributed by atoms with Crippen LogP contribution in [0.5, 0.6) is 0 Å². The standard InChI is InChI=1S/C28H33N3/c1-2-4-8-15-31-16-13-22-21(19-31)17-20(9-5-3-1)18-25(22)27-28-24(12-14-29-27)23-10-6-7-11-26(23)30-28/h1,3,6-7,10-12,14,18,20-22,30H,2,4-5,8-9,13,15-17,19H2/b3-1-. The minimum atomic E-state index is 0.651. The molecule has 2 aliphatic heterocycles. The fourth-order valence-corrected chi connectivity index (χ4v) is 6.39. The number of hydrogen-bond donors (Lipinski definition) is 1. The normalized spacial score (nSPS) is 30.4. The highest BCUT2D eigenvalue weighted by atomic mass is 15.1. The third-order valence-electron chi connectivity index (χ3n) is 7.91. The number of hydrogen-bond acceptors (Lipinski definition) is 2. The maximum atomic E-state index is 4.99. The average molecular weight is 412 g/mol. The molecular weight excluding hydrogens is 378 g/mol. The summed E-state index contributed by atoms with van der Waals surface area (Å²) >= 11 is 0. The molecule has 2 aromatic heterocycles. The van der Waals surface area contributed by atoms with E-state index in [0.29, 0.717) is 11.8 Å². The van der Waals surface area contributed by atoms with Gasteiger partial charge in [-0.3, -0.25) is 4.98 Å². The number of piperidine rings is 1. The first-order valence-corrected chi connectivity index (χ1v) is 12.3.